The fraction of sp³-hybridized carbons (Fsp3) is 0.0811. The summed E-state index contributed by atoms with van der Waals surface area (Å²) < 4.78 is 33.2. The third-order valence-electron chi connectivity index (χ3n) is 15.3. The lowest BCUT2D eigenvalue weighted by molar-refractivity contribution is 0.414. The Morgan fingerprint density at radius 3 is 0.738 bits per heavy atom. The molecule has 0 heterocycles. The highest BCUT2D eigenvalue weighted by atomic mass is 16.5. The van der Waals surface area contributed by atoms with Gasteiger partial charge in [-0.1, -0.05) is 60.7 Å². The van der Waals surface area contributed by atoms with Crippen LogP contribution in [-0.2, 0) is 0 Å². The van der Waals surface area contributed by atoms with E-state index in [0.717, 1.165) is 146 Å². The SMILES string of the molecule is COc1ccc(Nc2ccc3cc(-c4ccc(N(c5ccc(OC)cc5)c5ccc(OC)cc5)cc4)ccc3c2-c2c(Nc3ccc(OC)cc3)ccc3cc(-c4ccc(N(c5ccc(OC)cc5)c5ccc(OC)cc5)cc4)ccc23)cc1. The predicted molar refractivity (Wildman–Crippen MR) is 346 cm³/mol. The maximum atomic E-state index is 5.57. The van der Waals surface area contributed by atoms with Crippen LogP contribution in [0.4, 0.5) is 56.9 Å². The summed E-state index contributed by atoms with van der Waals surface area (Å²) >= 11 is 0. The van der Waals surface area contributed by atoms with Crippen LogP contribution in [0.1, 0.15) is 0 Å². The molecule has 0 atom stereocenters. The van der Waals surface area contributed by atoms with Crippen LogP contribution in [0.3, 0.4) is 0 Å². The zero-order valence-corrected chi connectivity index (χ0v) is 47.6. The molecule has 12 rings (SSSR count). The van der Waals surface area contributed by atoms with Crippen molar-refractivity contribution in [2.24, 2.45) is 0 Å². The highest BCUT2D eigenvalue weighted by Gasteiger charge is 2.21. The van der Waals surface area contributed by atoms with E-state index in [1.54, 1.807) is 42.7 Å². The van der Waals surface area contributed by atoms with E-state index in [-0.39, 0.29) is 0 Å². The second-order valence-electron chi connectivity index (χ2n) is 20.1. The van der Waals surface area contributed by atoms with E-state index in [2.05, 4.69) is 178 Å². The van der Waals surface area contributed by atoms with Crippen LogP contribution >= 0.6 is 0 Å². The molecule has 10 heteroatoms. The van der Waals surface area contributed by atoms with E-state index in [9.17, 15) is 0 Å². The molecule has 0 unspecified atom stereocenters. The molecule has 12 aromatic rings. The van der Waals surface area contributed by atoms with Gasteiger partial charge in [-0.25, -0.2) is 0 Å². The van der Waals surface area contributed by atoms with Gasteiger partial charge in [0.1, 0.15) is 34.5 Å². The summed E-state index contributed by atoms with van der Waals surface area (Å²) in [4.78, 5) is 4.46. The number of nitrogens with one attached hydrogen (secondary N) is 2. The monoisotopic (exact) mass is 1100 g/mol. The predicted octanol–water partition coefficient (Wildman–Crippen LogP) is 19.5. The van der Waals surface area contributed by atoms with Crippen LogP contribution in [0.25, 0.3) is 54.9 Å². The minimum atomic E-state index is 0.784. The van der Waals surface area contributed by atoms with Crippen LogP contribution in [0.5, 0.6) is 34.5 Å². The molecule has 0 radical (unpaired) electrons. The largest absolute Gasteiger partial charge is 0.497 e. The van der Waals surface area contributed by atoms with Crippen molar-refractivity contribution in [1.29, 1.82) is 0 Å². The van der Waals surface area contributed by atoms with Gasteiger partial charge in [0.2, 0.25) is 0 Å². The van der Waals surface area contributed by atoms with Gasteiger partial charge in [0, 0.05) is 68.0 Å². The normalized spacial score (nSPS) is 11.0. The van der Waals surface area contributed by atoms with Crippen molar-refractivity contribution in [2.75, 3.05) is 63.1 Å². The molecule has 0 aliphatic carbocycles. The third-order valence-corrected chi connectivity index (χ3v) is 15.3. The molecule has 414 valence electrons. The van der Waals surface area contributed by atoms with E-state index in [1.807, 2.05) is 97.1 Å². The summed E-state index contributed by atoms with van der Waals surface area (Å²) in [5, 5.41) is 12.0. The third kappa shape index (κ3) is 11.2. The van der Waals surface area contributed by atoms with Crippen molar-refractivity contribution in [2.45, 2.75) is 0 Å². The lowest BCUT2D eigenvalue weighted by atomic mass is 9.88. The van der Waals surface area contributed by atoms with Gasteiger partial charge in [0.15, 0.2) is 0 Å². The molecule has 0 spiro atoms. The lowest BCUT2D eigenvalue weighted by Gasteiger charge is -2.26. The van der Waals surface area contributed by atoms with Crippen molar-refractivity contribution in [3.63, 3.8) is 0 Å². The van der Waals surface area contributed by atoms with Gasteiger partial charge in [-0.2, -0.15) is 0 Å². The van der Waals surface area contributed by atoms with Gasteiger partial charge in [-0.05, 0) is 238 Å². The second-order valence-corrected chi connectivity index (χ2v) is 20.1. The number of fused-ring (bicyclic) bond motifs is 2. The number of hydrogen-bond acceptors (Lipinski definition) is 10. The Balaban J connectivity index is 0.964. The lowest BCUT2D eigenvalue weighted by Crippen LogP contribution is -2.09. The Kier molecular flexibility index (Phi) is 15.4. The Morgan fingerprint density at radius 2 is 0.476 bits per heavy atom. The summed E-state index contributed by atoms with van der Waals surface area (Å²) in [6.07, 6.45) is 0. The van der Waals surface area contributed by atoms with Crippen molar-refractivity contribution in [1.82, 2.24) is 0 Å². The topological polar surface area (TPSA) is 85.9 Å². The maximum Gasteiger partial charge on any atom is 0.119 e. The highest BCUT2D eigenvalue weighted by Crippen LogP contribution is 2.48. The molecule has 84 heavy (non-hydrogen) atoms. The Labute approximate surface area is 490 Å². The molecule has 0 aliphatic heterocycles. The summed E-state index contributed by atoms with van der Waals surface area (Å²) in [7, 11) is 10.1. The number of ether oxygens (including phenoxy) is 6. The number of methoxy groups -OCH3 is 6. The highest BCUT2D eigenvalue weighted by molar-refractivity contribution is 6.15. The van der Waals surface area contributed by atoms with Crippen LogP contribution in [0.2, 0.25) is 0 Å². The number of rotatable bonds is 19. The van der Waals surface area contributed by atoms with Crippen molar-refractivity contribution in [3.8, 4) is 67.9 Å². The van der Waals surface area contributed by atoms with Gasteiger partial charge in [0.05, 0.1) is 42.7 Å². The number of nitrogens with zero attached hydrogens (tertiary/aromatic N) is 2. The number of benzene rings is 12. The molecule has 0 saturated carbocycles. The molecule has 0 saturated heterocycles. The summed E-state index contributed by atoms with van der Waals surface area (Å²) in [6.45, 7) is 0. The smallest absolute Gasteiger partial charge is 0.119 e. The van der Waals surface area contributed by atoms with Crippen molar-refractivity contribution < 1.29 is 28.4 Å². The molecule has 0 bridgehead atoms. The van der Waals surface area contributed by atoms with Crippen LogP contribution in [-0.4, -0.2) is 42.7 Å². The molecule has 2 N–H and O–H groups in total. The minimum absolute atomic E-state index is 0.784. The summed E-state index contributed by atoms with van der Waals surface area (Å²) in [6, 6.07) is 88.5. The van der Waals surface area contributed by atoms with Crippen LogP contribution in [0, 0.1) is 0 Å². The molecule has 0 fully saturated rings. The van der Waals surface area contributed by atoms with E-state index in [1.165, 1.54) is 0 Å². The van der Waals surface area contributed by atoms with Crippen LogP contribution in [0.15, 0.2) is 255 Å². The molecule has 10 nitrogen and oxygen atoms in total. The first kappa shape index (κ1) is 53.8. The fourth-order valence-corrected chi connectivity index (χ4v) is 10.9. The number of hydrogen-bond donors (Lipinski definition) is 2. The summed E-state index contributed by atoms with van der Waals surface area (Å²) in [5.41, 5.74) is 16.3. The van der Waals surface area contributed by atoms with E-state index in [0.29, 0.717) is 0 Å². The fourth-order valence-electron chi connectivity index (χ4n) is 10.9. The molecule has 0 aromatic heterocycles. The van der Waals surface area contributed by atoms with E-state index >= 15 is 0 Å². The van der Waals surface area contributed by atoms with Gasteiger partial charge in [0.25, 0.3) is 0 Å². The zero-order chi connectivity index (χ0) is 57.5. The van der Waals surface area contributed by atoms with Gasteiger partial charge < -0.3 is 48.9 Å². The first-order valence-electron chi connectivity index (χ1n) is 27.6. The minimum Gasteiger partial charge on any atom is -0.497 e. The second kappa shape index (κ2) is 24.1. The standard InChI is InChI=1S/C74H62N4O6/c1-79-63-31-15-55(16-32-63)75-71-45-13-53-47-51(49-7-19-57(20-8-49)77(59-23-35-65(81-3)36-24-59)60-25-37-66(82-4)38-26-60)11-43-69(53)73(71)74-70-44-12-52(48-54(70)14-46-72(74)76-56-17-33-64(80-2)34-18-56)50-9-21-58(22-10-50)78(61-27-39-67(83-5)40-28-61)62-29-41-68(84-6)42-30-62/h7-48,75-76H,1-6H3. The average Bonchev–Trinajstić information content (AvgIpc) is 1.90. The average molecular weight is 1100 g/mol. The molecule has 0 aliphatic rings. The zero-order valence-electron chi connectivity index (χ0n) is 47.6. The quantitative estimate of drug-likeness (QED) is 0.0817. The van der Waals surface area contributed by atoms with Crippen molar-refractivity contribution in [3.05, 3.63) is 255 Å². The molecular formula is C74H62N4O6. The first-order valence-corrected chi connectivity index (χ1v) is 27.6. The molecular weight excluding hydrogens is 1040 g/mol. The van der Waals surface area contributed by atoms with Gasteiger partial charge in [-0.3, -0.25) is 0 Å². The van der Waals surface area contributed by atoms with E-state index < -0.39 is 0 Å². The Bertz CT molecular complexity index is 3840. The number of anilines is 10. The molecule has 0 amide bonds. The molecule has 12 aromatic carbocycles. The first-order chi connectivity index (χ1) is 41.3. The van der Waals surface area contributed by atoms with Crippen molar-refractivity contribution >= 4 is 78.4 Å². The Morgan fingerprint density at radius 1 is 0.238 bits per heavy atom. The maximum absolute atomic E-state index is 5.57. The van der Waals surface area contributed by atoms with Gasteiger partial charge >= 0.3 is 0 Å². The van der Waals surface area contributed by atoms with Crippen LogP contribution < -0.4 is 48.9 Å². The summed E-state index contributed by atoms with van der Waals surface area (Å²) in [5.74, 6) is 4.75. The van der Waals surface area contributed by atoms with Gasteiger partial charge in [-0.15, -0.1) is 0 Å². The Hall–Kier alpha value is -10.8. The van der Waals surface area contributed by atoms with E-state index in [4.69, 9.17) is 28.4 Å².